The Kier molecular flexibility index (Phi) is 11.0. The zero-order chi connectivity index (χ0) is 31.1. The lowest BCUT2D eigenvalue weighted by Crippen LogP contribution is -2.53. The van der Waals surface area contributed by atoms with Crippen molar-refractivity contribution >= 4 is 0 Å². The van der Waals surface area contributed by atoms with Gasteiger partial charge in [0.15, 0.2) is 0 Å². The summed E-state index contributed by atoms with van der Waals surface area (Å²) < 4.78 is 55.4. The summed E-state index contributed by atoms with van der Waals surface area (Å²) in [4.78, 5) is 10.2. The molecule has 0 aliphatic carbocycles. The summed E-state index contributed by atoms with van der Waals surface area (Å²) in [6.07, 6.45) is -2.80. The molecule has 3 aromatic rings. The second-order valence-corrected chi connectivity index (χ2v) is 12.2. The molecule has 0 spiro atoms. The van der Waals surface area contributed by atoms with Gasteiger partial charge >= 0.3 is 6.36 Å². The molecule has 0 saturated carbocycles. The van der Waals surface area contributed by atoms with Crippen molar-refractivity contribution in [2.45, 2.75) is 45.1 Å². The van der Waals surface area contributed by atoms with Gasteiger partial charge in [-0.2, -0.15) is 0 Å². The van der Waals surface area contributed by atoms with Crippen LogP contribution in [0, 0.1) is 5.82 Å². The van der Waals surface area contributed by atoms with Crippen LogP contribution in [0.3, 0.4) is 0 Å². The Labute approximate surface area is 259 Å². The van der Waals surface area contributed by atoms with E-state index in [9.17, 15) is 17.6 Å². The summed E-state index contributed by atoms with van der Waals surface area (Å²) in [5, 5.41) is 0. The highest BCUT2D eigenvalue weighted by atomic mass is 19.4. The number of ether oxygens (including phenoxy) is 1. The van der Waals surface area contributed by atoms with Crippen LogP contribution in [-0.4, -0.2) is 97.5 Å². The Morgan fingerprint density at radius 1 is 0.727 bits per heavy atom. The van der Waals surface area contributed by atoms with E-state index in [4.69, 9.17) is 0 Å². The number of hydrogen-bond donors (Lipinski definition) is 0. The van der Waals surface area contributed by atoms with Crippen LogP contribution >= 0.6 is 0 Å². The van der Waals surface area contributed by atoms with Gasteiger partial charge in [-0.05, 0) is 79.8 Å². The Morgan fingerprint density at radius 3 is 1.98 bits per heavy atom. The lowest BCUT2D eigenvalue weighted by molar-refractivity contribution is -0.274. The van der Waals surface area contributed by atoms with Gasteiger partial charge in [0.05, 0.1) is 0 Å². The minimum absolute atomic E-state index is 0.193. The molecule has 1 unspecified atom stereocenters. The maximum atomic E-state index is 13.7. The highest BCUT2D eigenvalue weighted by Crippen LogP contribution is 2.29. The van der Waals surface area contributed by atoms with Crippen molar-refractivity contribution in [3.63, 3.8) is 0 Å². The van der Waals surface area contributed by atoms with Crippen molar-refractivity contribution in [2.75, 3.05) is 65.4 Å². The maximum absolute atomic E-state index is 13.7. The van der Waals surface area contributed by atoms with Crippen LogP contribution in [0.2, 0.25) is 0 Å². The Balaban J connectivity index is 1.12. The quantitative estimate of drug-likeness (QED) is 0.224. The third kappa shape index (κ3) is 9.03. The van der Waals surface area contributed by atoms with Gasteiger partial charge in [0, 0.05) is 71.0 Å². The summed E-state index contributed by atoms with van der Waals surface area (Å²) in [6.45, 7) is 14.7. The van der Waals surface area contributed by atoms with E-state index in [0.29, 0.717) is 6.04 Å². The molecular formula is C35H44F4N4O. The minimum atomic E-state index is -4.70. The fourth-order valence-electron chi connectivity index (χ4n) is 6.47. The second kappa shape index (κ2) is 14.9. The number of alkyl halides is 3. The smallest absolute Gasteiger partial charge is 0.406 e. The predicted molar refractivity (Wildman–Crippen MR) is 167 cm³/mol. The predicted octanol–water partition coefficient (Wildman–Crippen LogP) is 6.71. The van der Waals surface area contributed by atoms with Crippen molar-refractivity contribution in [2.24, 2.45) is 0 Å². The van der Waals surface area contributed by atoms with Gasteiger partial charge in [0.1, 0.15) is 11.6 Å². The minimum Gasteiger partial charge on any atom is -0.406 e. The van der Waals surface area contributed by atoms with Gasteiger partial charge in [-0.25, -0.2) is 4.39 Å². The van der Waals surface area contributed by atoms with E-state index in [1.54, 1.807) is 24.3 Å². The normalized spacial score (nSPS) is 18.5. The first kappa shape index (κ1) is 32.4. The molecule has 238 valence electrons. The molecule has 2 fully saturated rings. The molecule has 0 bridgehead atoms. The molecule has 5 rings (SSSR count). The van der Waals surface area contributed by atoms with Crippen LogP contribution in [-0.2, 0) is 6.42 Å². The number of rotatable bonds is 11. The second-order valence-electron chi connectivity index (χ2n) is 12.2. The number of nitrogens with zero attached hydrogens (tertiary/aromatic N) is 4. The topological polar surface area (TPSA) is 22.2 Å². The third-order valence-corrected chi connectivity index (χ3v) is 9.01. The molecule has 1 atom stereocenters. The van der Waals surface area contributed by atoms with Crippen molar-refractivity contribution in [3.8, 4) is 16.9 Å². The molecule has 0 N–H and O–H groups in total. The lowest BCUT2D eigenvalue weighted by Gasteiger charge is -2.43. The Bertz CT molecular complexity index is 1300. The van der Waals surface area contributed by atoms with Crippen LogP contribution in [0.4, 0.5) is 17.6 Å². The first-order valence-electron chi connectivity index (χ1n) is 15.8. The first-order valence-corrected chi connectivity index (χ1v) is 15.8. The van der Waals surface area contributed by atoms with Gasteiger partial charge in [-0.15, -0.1) is 13.2 Å². The number of benzene rings is 3. The SMILES string of the molecule is CC(C)N1CCN(C(CN2CCN(CCCc3ccccc3-c3ccc(OC(F)(F)F)cc3)CC2)c2ccc(F)cc2)CC1. The standard InChI is InChI=1S/C35H44F4N4O/c1-27(2)42-22-24-43(25-23-42)34(30-9-13-31(36)14-10-30)26-41-20-18-40(19-21-41)17-5-7-28-6-3-4-8-33(28)29-11-15-32(16-12-29)44-35(37,38)39/h3-4,6,8-16,27,34H,5,7,17-26H2,1-2H3. The highest BCUT2D eigenvalue weighted by molar-refractivity contribution is 5.68. The first-order chi connectivity index (χ1) is 21.1. The van der Waals surface area contributed by atoms with E-state index < -0.39 is 6.36 Å². The molecule has 2 saturated heterocycles. The van der Waals surface area contributed by atoms with E-state index in [1.807, 2.05) is 30.3 Å². The van der Waals surface area contributed by atoms with Crippen LogP contribution in [0.15, 0.2) is 72.8 Å². The van der Waals surface area contributed by atoms with Crippen molar-refractivity contribution in [3.05, 3.63) is 89.7 Å². The van der Waals surface area contributed by atoms with E-state index in [-0.39, 0.29) is 17.6 Å². The van der Waals surface area contributed by atoms with Gasteiger partial charge < -0.3 is 9.64 Å². The summed E-state index contributed by atoms with van der Waals surface area (Å²) >= 11 is 0. The molecule has 2 aliphatic heterocycles. The Morgan fingerprint density at radius 2 is 1.34 bits per heavy atom. The summed E-state index contributed by atoms with van der Waals surface area (Å²) in [7, 11) is 0. The van der Waals surface area contributed by atoms with Gasteiger partial charge in [-0.1, -0.05) is 48.5 Å². The molecule has 3 aromatic carbocycles. The molecule has 44 heavy (non-hydrogen) atoms. The zero-order valence-corrected chi connectivity index (χ0v) is 25.8. The zero-order valence-electron chi connectivity index (χ0n) is 25.8. The molecule has 2 aliphatic rings. The Hall–Kier alpha value is -2.98. The number of aryl methyl sites for hydroxylation is 1. The number of halogens is 4. The van der Waals surface area contributed by atoms with Crippen LogP contribution in [0.1, 0.15) is 37.4 Å². The fraction of sp³-hybridized carbons (Fsp3) is 0.486. The van der Waals surface area contributed by atoms with Crippen molar-refractivity contribution < 1.29 is 22.3 Å². The van der Waals surface area contributed by atoms with Crippen LogP contribution < -0.4 is 4.74 Å². The third-order valence-electron chi connectivity index (χ3n) is 9.01. The molecule has 0 amide bonds. The molecule has 0 radical (unpaired) electrons. The maximum Gasteiger partial charge on any atom is 0.573 e. The average Bonchev–Trinajstić information content (AvgIpc) is 3.01. The van der Waals surface area contributed by atoms with E-state index >= 15 is 0 Å². The van der Waals surface area contributed by atoms with E-state index in [2.05, 4.69) is 44.3 Å². The highest BCUT2D eigenvalue weighted by Gasteiger charge is 2.31. The number of hydrogen-bond acceptors (Lipinski definition) is 5. The fourth-order valence-corrected chi connectivity index (χ4v) is 6.47. The molecule has 9 heteroatoms. The molecule has 2 heterocycles. The van der Waals surface area contributed by atoms with Gasteiger partial charge in [0.25, 0.3) is 0 Å². The monoisotopic (exact) mass is 612 g/mol. The van der Waals surface area contributed by atoms with E-state index in [0.717, 1.165) is 89.4 Å². The molecular weight excluding hydrogens is 568 g/mol. The van der Waals surface area contributed by atoms with E-state index in [1.165, 1.54) is 23.3 Å². The summed E-state index contributed by atoms with van der Waals surface area (Å²) in [6, 6.07) is 22.1. The summed E-state index contributed by atoms with van der Waals surface area (Å²) in [5.41, 5.74) is 4.30. The van der Waals surface area contributed by atoms with Crippen LogP contribution in [0.5, 0.6) is 5.75 Å². The number of piperazine rings is 2. The van der Waals surface area contributed by atoms with Crippen molar-refractivity contribution in [1.82, 2.24) is 19.6 Å². The van der Waals surface area contributed by atoms with Crippen molar-refractivity contribution in [1.29, 1.82) is 0 Å². The van der Waals surface area contributed by atoms with Crippen LogP contribution in [0.25, 0.3) is 11.1 Å². The summed E-state index contributed by atoms with van der Waals surface area (Å²) in [5.74, 6) is -0.405. The molecule has 0 aromatic heterocycles. The van der Waals surface area contributed by atoms with Gasteiger partial charge in [-0.3, -0.25) is 14.7 Å². The average molecular weight is 613 g/mol. The molecule has 5 nitrogen and oxygen atoms in total. The van der Waals surface area contributed by atoms with Gasteiger partial charge in [0.2, 0.25) is 0 Å². The largest absolute Gasteiger partial charge is 0.573 e. The lowest BCUT2D eigenvalue weighted by atomic mass is 9.96.